The number of anilines is 1. The van der Waals surface area contributed by atoms with Crippen LogP contribution in [0.15, 0.2) is 48.9 Å². The van der Waals surface area contributed by atoms with Gasteiger partial charge in [0.25, 0.3) is 5.91 Å². The third kappa shape index (κ3) is 5.03. The van der Waals surface area contributed by atoms with Crippen LogP contribution < -0.4 is 5.32 Å². The fourth-order valence-corrected chi connectivity index (χ4v) is 3.47. The van der Waals surface area contributed by atoms with Gasteiger partial charge in [-0.25, -0.2) is 9.67 Å². The largest absolute Gasteiger partial charge is 0.411 e. The number of hydrogen-bond acceptors (Lipinski definition) is 5. The van der Waals surface area contributed by atoms with Crippen LogP contribution in [0.5, 0.6) is 0 Å². The van der Waals surface area contributed by atoms with E-state index in [1.54, 1.807) is 18.3 Å². The van der Waals surface area contributed by atoms with Crippen molar-refractivity contribution in [2.75, 3.05) is 11.9 Å². The number of aryl methyl sites for hydroxylation is 1. The third-order valence-electron chi connectivity index (χ3n) is 5.02. The van der Waals surface area contributed by atoms with Gasteiger partial charge >= 0.3 is 6.18 Å². The van der Waals surface area contributed by atoms with E-state index < -0.39 is 25.4 Å². The highest BCUT2D eigenvalue weighted by atomic mass is 19.4. The molecule has 172 valence electrons. The molecule has 0 atom stereocenters. The average Bonchev–Trinajstić information content (AvgIpc) is 3.37. The maximum atomic E-state index is 13.1. The summed E-state index contributed by atoms with van der Waals surface area (Å²) in [5.74, 6) is -0.397. The van der Waals surface area contributed by atoms with Gasteiger partial charge in [-0.2, -0.15) is 23.4 Å². The maximum Gasteiger partial charge on any atom is 0.411 e. The number of para-hydroxylation sites is 1. The number of pyridine rings is 1. The molecule has 0 fully saturated rings. The van der Waals surface area contributed by atoms with Crippen molar-refractivity contribution < 1.29 is 22.7 Å². The number of ether oxygens (including phenoxy) is 1. The number of nitrogens with zero attached hydrogens (tertiary/aromatic N) is 5. The number of alkyl halides is 3. The SMILES string of the molecule is CCn1ncc(-c2cc(C(=O)Nc3cnn(COCC(F)(F)F)c3)c3ccccc3n2)c1C. The van der Waals surface area contributed by atoms with Crippen molar-refractivity contribution in [3.63, 3.8) is 0 Å². The summed E-state index contributed by atoms with van der Waals surface area (Å²) in [6, 6.07) is 8.99. The molecule has 3 heterocycles. The van der Waals surface area contributed by atoms with Crippen LogP contribution in [0.1, 0.15) is 23.0 Å². The van der Waals surface area contributed by atoms with Crippen LogP contribution >= 0.6 is 0 Å². The van der Waals surface area contributed by atoms with Crippen molar-refractivity contribution in [1.29, 1.82) is 0 Å². The standard InChI is InChI=1S/C22H21F3N6O2/c1-3-31-14(2)18(10-27-31)20-8-17(16-6-4-5-7-19(16)29-20)21(32)28-15-9-26-30(11-15)13-33-12-22(23,24)25/h4-11H,3,12-13H2,1-2H3,(H,28,32). The number of benzene rings is 1. The first-order chi connectivity index (χ1) is 15.7. The van der Waals surface area contributed by atoms with Crippen LogP contribution in [0.2, 0.25) is 0 Å². The summed E-state index contributed by atoms with van der Waals surface area (Å²) in [6.45, 7) is 2.87. The summed E-state index contributed by atoms with van der Waals surface area (Å²) in [6.07, 6.45) is 0.0431. The highest BCUT2D eigenvalue weighted by molar-refractivity contribution is 6.13. The van der Waals surface area contributed by atoms with E-state index in [2.05, 4.69) is 20.3 Å². The van der Waals surface area contributed by atoms with E-state index in [0.29, 0.717) is 34.4 Å². The Morgan fingerprint density at radius 1 is 1.18 bits per heavy atom. The predicted molar refractivity (Wildman–Crippen MR) is 116 cm³/mol. The van der Waals surface area contributed by atoms with Crippen molar-refractivity contribution in [3.8, 4) is 11.3 Å². The Morgan fingerprint density at radius 3 is 2.70 bits per heavy atom. The topological polar surface area (TPSA) is 86.9 Å². The Hall–Kier alpha value is -3.73. The van der Waals surface area contributed by atoms with Crippen LogP contribution in [-0.4, -0.2) is 43.2 Å². The van der Waals surface area contributed by atoms with E-state index in [0.717, 1.165) is 11.3 Å². The molecule has 1 N–H and O–H groups in total. The van der Waals surface area contributed by atoms with Crippen LogP contribution in [-0.2, 0) is 18.0 Å². The Bertz CT molecular complexity index is 1300. The molecule has 1 aromatic carbocycles. The average molecular weight is 458 g/mol. The summed E-state index contributed by atoms with van der Waals surface area (Å²) >= 11 is 0. The zero-order valence-corrected chi connectivity index (χ0v) is 17.9. The number of amides is 1. The molecule has 0 unspecified atom stereocenters. The number of halogens is 3. The van der Waals surface area contributed by atoms with Gasteiger partial charge in [-0.05, 0) is 26.0 Å². The minimum absolute atomic E-state index is 0.327. The van der Waals surface area contributed by atoms with E-state index in [1.807, 2.05) is 36.7 Å². The normalized spacial score (nSPS) is 11.8. The predicted octanol–water partition coefficient (Wildman–Crippen LogP) is 4.41. The maximum absolute atomic E-state index is 13.1. The number of rotatable bonds is 7. The zero-order valence-electron chi connectivity index (χ0n) is 17.9. The number of carbonyl (C=O) groups is 1. The lowest BCUT2D eigenvalue weighted by atomic mass is 10.0. The summed E-state index contributed by atoms with van der Waals surface area (Å²) < 4.78 is 44.3. The van der Waals surface area contributed by atoms with E-state index in [1.165, 1.54) is 17.1 Å². The number of aromatic nitrogens is 5. The fourth-order valence-electron chi connectivity index (χ4n) is 3.47. The molecule has 0 saturated carbocycles. The number of carbonyl (C=O) groups excluding carboxylic acids is 1. The quantitative estimate of drug-likeness (QED) is 0.443. The number of nitrogens with one attached hydrogen (secondary N) is 1. The Morgan fingerprint density at radius 2 is 1.97 bits per heavy atom. The second-order valence-corrected chi connectivity index (χ2v) is 7.35. The Labute approximate surface area is 187 Å². The van der Waals surface area contributed by atoms with Crippen LogP contribution in [0, 0.1) is 6.92 Å². The smallest absolute Gasteiger partial charge is 0.350 e. The van der Waals surface area contributed by atoms with Gasteiger partial charge in [0.1, 0.15) is 13.3 Å². The Balaban J connectivity index is 1.60. The molecular formula is C22H21F3N6O2. The fraction of sp³-hybridized carbons (Fsp3) is 0.273. The molecular weight excluding hydrogens is 437 g/mol. The second-order valence-electron chi connectivity index (χ2n) is 7.35. The minimum Gasteiger partial charge on any atom is -0.350 e. The van der Waals surface area contributed by atoms with Crippen molar-refractivity contribution >= 4 is 22.5 Å². The van der Waals surface area contributed by atoms with Gasteiger partial charge < -0.3 is 10.1 Å². The molecule has 4 rings (SSSR count). The highest BCUT2D eigenvalue weighted by Gasteiger charge is 2.27. The van der Waals surface area contributed by atoms with Crippen molar-refractivity contribution in [1.82, 2.24) is 24.5 Å². The van der Waals surface area contributed by atoms with Gasteiger partial charge in [0.2, 0.25) is 0 Å². The monoisotopic (exact) mass is 458 g/mol. The molecule has 1 amide bonds. The molecule has 0 bridgehead atoms. The molecule has 0 aliphatic heterocycles. The van der Waals surface area contributed by atoms with Crippen molar-refractivity contribution in [2.45, 2.75) is 33.3 Å². The zero-order chi connectivity index (χ0) is 23.6. The first-order valence-corrected chi connectivity index (χ1v) is 10.2. The molecule has 8 nitrogen and oxygen atoms in total. The van der Waals surface area contributed by atoms with Gasteiger partial charge in [-0.15, -0.1) is 0 Å². The van der Waals surface area contributed by atoms with E-state index in [-0.39, 0.29) is 0 Å². The van der Waals surface area contributed by atoms with Gasteiger partial charge in [-0.3, -0.25) is 9.48 Å². The highest BCUT2D eigenvalue weighted by Crippen LogP contribution is 2.27. The first-order valence-electron chi connectivity index (χ1n) is 10.2. The summed E-state index contributed by atoms with van der Waals surface area (Å²) in [5, 5.41) is 11.7. The lowest BCUT2D eigenvalue weighted by Crippen LogP contribution is -2.18. The lowest BCUT2D eigenvalue weighted by Gasteiger charge is -2.10. The van der Waals surface area contributed by atoms with E-state index in [9.17, 15) is 18.0 Å². The molecule has 33 heavy (non-hydrogen) atoms. The van der Waals surface area contributed by atoms with E-state index in [4.69, 9.17) is 4.98 Å². The molecule has 4 aromatic rings. The molecule has 0 saturated heterocycles. The lowest BCUT2D eigenvalue weighted by molar-refractivity contribution is -0.182. The number of hydrogen-bond donors (Lipinski definition) is 1. The van der Waals surface area contributed by atoms with Crippen LogP contribution in [0.25, 0.3) is 22.2 Å². The summed E-state index contributed by atoms with van der Waals surface area (Å²) in [4.78, 5) is 17.8. The molecule has 0 radical (unpaired) electrons. The third-order valence-corrected chi connectivity index (χ3v) is 5.02. The minimum atomic E-state index is -4.42. The van der Waals surface area contributed by atoms with Gasteiger partial charge in [0.05, 0.1) is 41.1 Å². The molecule has 0 spiro atoms. The van der Waals surface area contributed by atoms with Crippen LogP contribution in [0.4, 0.5) is 18.9 Å². The van der Waals surface area contributed by atoms with Gasteiger partial charge in [-0.1, -0.05) is 18.2 Å². The second kappa shape index (κ2) is 9.02. The molecule has 0 aliphatic rings. The summed E-state index contributed by atoms with van der Waals surface area (Å²) in [5.41, 5.74) is 3.76. The molecule has 3 aromatic heterocycles. The van der Waals surface area contributed by atoms with E-state index >= 15 is 0 Å². The van der Waals surface area contributed by atoms with Crippen molar-refractivity contribution in [2.24, 2.45) is 0 Å². The van der Waals surface area contributed by atoms with Gasteiger partial charge in [0.15, 0.2) is 0 Å². The summed E-state index contributed by atoms with van der Waals surface area (Å²) in [7, 11) is 0. The first kappa shape index (κ1) is 22.5. The molecule has 11 heteroatoms. The van der Waals surface area contributed by atoms with Gasteiger partial charge in [0, 0.05) is 23.2 Å². The number of fused-ring (bicyclic) bond motifs is 1. The Kier molecular flexibility index (Phi) is 6.14. The molecule has 0 aliphatic carbocycles. The van der Waals surface area contributed by atoms with Crippen LogP contribution in [0.3, 0.4) is 0 Å². The van der Waals surface area contributed by atoms with Crippen molar-refractivity contribution in [3.05, 3.63) is 60.2 Å².